The van der Waals surface area contributed by atoms with Gasteiger partial charge in [0.2, 0.25) is 0 Å². The van der Waals surface area contributed by atoms with E-state index in [0.717, 1.165) is 11.4 Å². The lowest BCUT2D eigenvalue weighted by atomic mass is 10.3. The van der Waals surface area contributed by atoms with Gasteiger partial charge in [0.25, 0.3) is 11.7 Å². The van der Waals surface area contributed by atoms with Crippen LogP contribution in [0.3, 0.4) is 0 Å². The third-order valence-corrected chi connectivity index (χ3v) is 5.35. The molecule has 2 rings (SSSR count). The molecule has 0 unspecified atom stereocenters. The molecule has 1 amide bonds. The van der Waals surface area contributed by atoms with Gasteiger partial charge in [0, 0.05) is 0 Å². The molecule has 1 aromatic heterocycles. The summed E-state index contributed by atoms with van der Waals surface area (Å²) in [5.41, 5.74) is 0.901. The molecule has 118 valence electrons. The Morgan fingerprint density at radius 2 is 2.23 bits per heavy atom. The molecule has 1 heterocycles. The van der Waals surface area contributed by atoms with Gasteiger partial charge in [-0.1, -0.05) is 36.4 Å². The summed E-state index contributed by atoms with van der Waals surface area (Å²) in [6.07, 6.45) is 0.739. The largest absolute Gasteiger partial charge is 0.320 e. The quantitative estimate of drug-likeness (QED) is 0.740. The number of aromatic nitrogens is 1. The van der Waals surface area contributed by atoms with Crippen molar-refractivity contribution in [2.75, 3.05) is 5.32 Å². The SMILES string of the molecule is CCc1nc(C)c(C(=O)Nc2cccc(Cl)c2SC(F)F)s1. The molecule has 0 fully saturated rings. The molecule has 0 spiro atoms. The van der Waals surface area contributed by atoms with Gasteiger partial charge in [0.1, 0.15) is 4.88 Å². The number of thiazole rings is 1. The van der Waals surface area contributed by atoms with Crippen LogP contribution in [0.5, 0.6) is 0 Å². The van der Waals surface area contributed by atoms with E-state index in [1.807, 2.05) is 6.92 Å². The minimum absolute atomic E-state index is 0.158. The van der Waals surface area contributed by atoms with Crippen molar-refractivity contribution in [3.63, 3.8) is 0 Å². The first-order valence-electron chi connectivity index (χ1n) is 6.43. The third kappa shape index (κ3) is 3.97. The predicted octanol–water partition coefficient (Wildman–Crippen LogP) is 5.23. The number of halogens is 3. The smallest absolute Gasteiger partial charge is 0.289 e. The van der Waals surface area contributed by atoms with Gasteiger partial charge in [-0.15, -0.1) is 11.3 Å². The minimum Gasteiger partial charge on any atom is -0.320 e. The van der Waals surface area contributed by atoms with Gasteiger partial charge in [-0.3, -0.25) is 4.79 Å². The summed E-state index contributed by atoms with van der Waals surface area (Å²) in [7, 11) is 0. The van der Waals surface area contributed by atoms with E-state index in [9.17, 15) is 13.6 Å². The first-order chi connectivity index (χ1) is 10.4. The van der Waals surface area contributed by atoms with Gasteiger partial charge in [0.15, 0.2) is 0 Å². The van der Waals surface area contributed by atoms with Gasteiger partial charge < -0.3 is 5.32 Å². The number of aryl methyl sites for hydroxylation is 2. The fourth-order valence-electron chi connectivity index (χ4n) is 1.81. The first-order valence-corrected chi connectivity index (χ1v) is 8.50. The van der Waals surface area contributed by atoms with Gasteiger partial charge in [0.05, 0.1) is 26.3 Å². The fraction of sp³-hybridized carbons (Fsp3) is 0.286. The third-order valence-electron chi connectivity index (χ3n) is 2.77. The Labute approximate surface area is 140 Å². The second kappa shape index (κ2) is 7.39. The highest BCUT2D eigenvalue weighted by molar-refractivity contribution is 7.99. The predicted molar refractivity (Wildman–Crippen MR) is 87.5 cm³/mol. The van der Waals surface area contributed by atoms with Crippen LogP contribution in [0.15, 0.2) is 23.1 Å². The van der Waals surface area contributed by atoms with Crippen LogP contribution in [-0.2, 0) is 6.42 Å². The Balaban J connectivity index is 2.28. The van der Waals surface area contributed by atoms with E-state index in [-0.39, 0.29) is 21.5 Å². The number of nitrogens with one attached hydrogen (secondary N) is 1. The zero-order valence-electron chi connectivity index (χ0n) is 11.8. The Morgan fingerprint density at radius 1 is 1.50 bits per heavy atom. The number of hydrogen-bond acceptors (Lipinski definition) is 4. The summed E-state index contributed by atoms with van der Waals surface area (Å²) >= 11 is 7.56. The molecular formula is C14H13ClF2N2OS2. The monoisotopic (exact) mass is 362 g/mol. The van der Waals surface area contributed by atoms with E-state index in [4.69, 9.17) is 11.6 Å². The lowest BCUT2D eigenvalue weighted by Gasteiger charge is -2.11. The van der Waals surface area contributed by atoms with Crippen molar-refractivity contribution in [2.24, 2.45) is 0 Å². The topological polar surface area (TPSA) is 42.0 Å². The molecule has 0 radical (unpaired) electrons. The van der Waals surface area contributed by atoms with Gasteiger partial charge in [-0.05, 0) is 25.5 Å². The number of alkyl halides is 2. The number of benzene rings is 1. The molecule has 1 N–H and O–H groups in total. The molecule has 0 atom stereocenters. The summed E-state index contributed by atoms with van der Waals surface area (Å²) < 4.78 is 25.3. The summed E-state index contributed by atoms with van der Waals surface area (Å²) in [4.78, 5) is 17.3. The molecule has 0 aliphatic rings. The van der Waals surface area contributed by atoms with Crippen molar-refractivity contribution in [2.45, 2.75) is 30.9 Å². The Hall–Kier alpha value is -1.18. The Bertz CT molecular complexity index is 691. The molecule has 0 aliphatic heterocycles. The summed E-state index contributed by atoms with van der Waals surface area (Å²) in [5, 5.41) is 3.68. The average Bonchev–Trinajstić information content (AvgIpc) is 2.83. The van der Waals surface area contributed by atoms with E-state index in [0.29, 0.717) is 22.3 Å². The van der Waals surface area contributed by atoms with Crippen molar-refractivity contribution < 1.29 is 13.6 Å². The van der Waals surface area contributed by atoms with Crippen LogP contribution < -0.4 is 5.32 Å². The molecule has 22 heavy (non-hydrogen) atoms. The van der Waals surface area contributed by atoms with Crippen molar-refractivity contribution in [1.29, 1.82) is 0 Å². The number of anilines is 1. The summed E-state index contributed by atoms with van der Waals surface area (Å²) in [6.45, 7) is 3.70. The molecule has 0 bridgehead atoms. The molecular weight excluding hydrogens is 350 g/mol. The van der Waals surface area contributed by atoms with Crippen LogP contribution in [-0.4, -0.2) is 16.6 Å². The van der Waals surface area contributed by atoms with Crippen LogP contribution in [0.1, 0.15) is 27.3 Å². The van der Waals surface area contributed by atoms with Crippen molar-refractivity contribution in [3.05, 3.63) is 38.8 Å². The normalized spacial score (nSPS) is 11.0. The van der Waals surface area contributed by atoms with E-state index in [1.165, 1.54) is 17.4 Å². The van der Waals surface area contributed by atoms with Gasteiger partial charge in [-0.25, -0.2) is 4.98 Å². The molecule has 2 aromatic rings. The average molecular weight is 363 g/mol. The van der Waals surface area contributed by atoms with Crippen molar-refractivity contribution >= 4 is 46.3 Å². The van der Waals surface area contributed by atoms with Crippen LogP contribution in [0, 0.1) is 6.92 Å². The number of carbonyl (C=O) groups is 1. The maximum Gasteiger partial charge on any atom is 0.289 e. The zero-order valence-corrected chi connectivity index (χ0v) is 14.2. The van der Waals surface area contributed by atoms with Gasteiger partial charge >= 0.3 is 0 Å². The molecule has 0 aliphatic carbocycles. The van der Waals surface area contributed by atoms with E-state index < -0.39 is 5.76 Å². The second-order valence-corrected chi connectivity index (χ2v) is 6.82. The van der Waals surface area contributed by atoms with Gasteiger partial charge in [-0.2, -0.15) is 8.78 Å². The molecule has 0 saturated heterocycles. The zero-order chi connectivity index (χ0) is 16.3. The number of hydrogen-bond donors (Lipinski definition) is 1. The molecule has 0 saturated carbocycles. The maximum absolute atomic E-state index is 12.6. The number of nitrogens with zero attached hydrogens (tertiary/aromatic N) is 1. The Morgan fingerprint density at radius 3 is 2.82 bits per heavy atom. The molecule has 3 nitrogen and oxygen atoms in total. The number of rotatable bonds is 5. The van der Waals surface area contributed by atoms with Crippen molar-refractivity contribution in [1.82, 2.24) is 4.98 Å². The maximum atomic E-state index is 12.6. The van der Waals surface area contributed by atoms with Crippen LogP contribution in [0.2, 0.25) is 5.02 Å². The number of carbonyl (C=O) groups excluding carboxylic acids is 1. The van der Waals surface area contributed by atoms with E-state index in [2.05, 4.69) is 10.3 Å². The van der Waals surface area contributed by atoms with Crippen LogP contribution in [0.4, 0.5) is 14.5 Å². The summed E-state index contributed by atoms with van der Waals surface area (Å²) in [5.74, 6) is -2.99. The number of thioether (sulfide) groups is 1. The minimum atomic E-state index is -2.62. The fourth-order valence-corrected chi connectivity index (χ4v) is 3.62. The van der Waals surface area contributed by atoms with E-state index >= 15 is 0 Å². The number of amides is 1. The molecule has 1 aromatic carbocycles. The van der Waals surface area contributed by atoms with Crippen LogP contribution >= 0.6 is 34.7 Å². The van der Waals surface area contributed by atoms with Crippen molar-refractivity contribution in [3.8, 4) is 0 Å². The van der Waals surface area contributed by atoms with E-state index in [1.54, 1.807) is 19.1 Å². The first kappa shape index (κ1) is 17.2. The van der Waals surface area contributed by atoms with Crippen LogP contribution in [0.25, 0.3) is 0 Å². The standard InChI is InChI=1S/C14H13ClF2N2OS2/c1-3-10-18-7(2)11(21-10)13(20)19-9-6-4-5-8(15)12(9)22-14(16)17/h4-6,14H,3H2,1-2H3,(H,19,20). The highest BCUT2D eigenvalue weighted by Crippen LogP contribution is 2.38. The second-order valence-electron chi connectivity index (χ2n) is 4.32. The Kier molecular flexibility index (Phi) is 5.77. The lowest BCUT2D eigenvalue weighted by molar-refractivity contribution is 0.102. The highest BCUT2D eigenvalue weighted by atomic mass is 35.5. The highest BCUT2D eigenvalue weighted by Gasteiger charge is 2.19. The lowest BCUT2D eigenvalue weighted by Crippen LogP contribution is -2.12. The summed E-state index contributed by atoms with van der Waals surface area (Å²) in [6, 6.07) is 4.66. The molecule has 8 heteroatoms.